The normalized spacial score (nSPS) is 17.4. The molecule has 3 rings (SSSR count). The molecule has 2 aromatic rings. The van der Waals surface area contributed by atoms with Crippen molar-refractivity contribution in [1.29, 1.82) is 0 Å². The van der Waals surface area contributed by atoms with Crippen molar-refractivity contribution in [1.82, 2.24) is 14.9 Å². The number of benzene rings is 1. The molecule has 0 spiro atoms. The van der Waals surface area contributed by atoms with Crippen LogP contribution in [0.3, 0.4) is 0 Å². The lowest BCUT2D eigenvalue weighted by Crippen LogP contribution is -2.45. The zero-order valence-corrected chi connectivity index (χ0v) is 13.7. The average molecular weight is 327 g/mol. The van der Waals surface area contributed by atoms with E-state index in [9.17, 15) is 4.79 Å². The van der Waals surface area contributed by atoms with Crippen molar-refractivity contribution >= 4 is 5.91 Å². The maximum absolute atomic E-state index is 12.5. The molecule has 6 heteroatoms. The highest BCUT2D eigenvalue weighted by Gasteiger charge is 2.25. The van der Waals surface area contributed by atoms with Gasteiger partial charge in [-0.3, -0.25) is 4.79 Å². The fourth-order valence-corrected chi connectivity index (χ4v) is 2.81. The smallest absolute Gasteiger partial charge is 0.227 e. The summed E-state index contributed by atoms with van der Waals surface area (Å²) in [5.41, 5.74) is 0.986. The van der Waals surface area contributed by atoms with Gasteiger partial charge in [0.2, 0.25) is 11.8 Å². The van der Waals surface area contributed by atoms with Crippen molar-refractivity contribution < 1.29 is 14.3 Å². The molecule has 0 N–H and O–H groups in total. The van der Waals surface area contributed by atoms with Crippen LogP contribution in [0.1, 0.15) is 18.4 Å². The zero-order valence-electron chi connectivity index (χ0n) is 13.7. The van der Waals surface area contributed by atoms with Gasteiger partial charge in [-0.05, 0) is 30.5 Å². The van der Waals surface area contributed by atoms with E-state index in [2.05, 4.69) is 9.97 Å². The highest BCUT2D eigenvalue weighted by Crippen LogP contribution is 2.18. The molecule has 1 aliphatic rings. The number of carbonyl (C=O) groups excluding carboxylic acids is 1. The summed E-state index contributed by atoms with van der Waals surface area (Å²) in [6, 6.07) is 9.34. The minimum atomic E-state index is -0.0199. The highest BCUT2D eigenvalue weighted by molar-refractivity contribution is 5.79. The van der Waals surface area contributed by atoms with Gasteiger partial charge in [-0.2, -0.15) is 0 Å². The maximum Gasteiger partial charge on any atom is 0.227 e. The van der Waals surface area contributed by atoms with Crippen LogP contribution in [0.2, 0.25) is 0 Å². The van der Waals surface area contributed by atoms with Crippen LogP contribution >= 0.6 is 0 Å². The lowest BCUT2D eigenvalue weighted by atomic mass is 10.1. The van der Waals surface area contributed by atoms with Gasteiger partial charge in [-0.25, -0.2) is 9.97 Å². The number of carbonyl (C=O) groups is 1. The Balaban J connectivity index is 1.56. The summed E-state index contributed by atoms with van der Waals surface area (Å²) in [6.07, 6.45) is 5.35. The average Bonchev–Trinajstić information content (AvgIpc) is 2.63. The third kappa shape index (κ3) is 4.22. The van der Waals surface area contributed by atoms with Gasteiger partial charge in [0, 0.05) is 18.8 Å². The molecule has 24 heavy (non-hydrogen) atoms. The Bertz CT molecular complexity index is 661. The quantitative estimate of drug-likeness (QED) is 0.841. The third-order valence-corrected chi connectivity index (χ3v) is 4.09. The van der Waals surface area contributed by atoms with Crippen molar-refractivity contribution in [2.45, 2.75) is 25.4 Å². The van der Waals surface area contributed by atoms with E-state index in [0.29, 0.717) is 18.8 Å². The van der Waals surface area contributed by atoms with Crippen LogP contribution in [0.4, 0.5) is 0 Å². The van der Waals surface area contributed by atoms with Crippen LogP contribution in [0, 0.1) is 0 Å². The summed E-state index contributed by atoms with van der Waals surface area (Å²) in [6.45, 7) is 1.37. The van der Waals surface area contributed by atoms with E-state index in [1.807, 2.05) is 29.2 Å². The SMILES string of the molecule is COc1ccc(CC(=O)N2CCCC(Oc3ccncn3)C2)cc1. The second kappa shape index (κ2) is 7.77. The molecule has 1 aromatic heterocycles. The molecule has 6 nitrogen and oxygen atoms in total. The van der Waals surface area contributed by atoms with Gasteiger partial charge >= 0.3 is 0 Å². The summed E-state index contributed by atoms with van der Waals surface area (Å²) in [5, 5.41) is 0. The molecule has 0 radical (unpaired) electrons. The maximum atomic E-state index is 12.5. The van der Waals surface area contributed by atoms with Gasteiger partial charge in [0.15, 0.2) is 0 Å². The number of rotatable bonds is 5. The number of piperidine rings is 1. The standard InChI is InChI=1S/C18H21N3O3/c1-23-15-6-4-14(5-7-15)11-18(22)21-10-2-3-16(12-21)24-17-8-9-19-13-20-17/h4-9,13,16H,2-3,10-12H2,1H3. The number of nitrogens with zero attached hydrogens (tertiary/aromatic N) is 3. The fraction of sp³-hybridized carbons (Fsp3) is 0.389. The lowest BCUT2D eigenvalue weighted by Gasteiger charge is -2.32. The number of methoxy groups -OCH3 is 1. The Labute approximate surface area is 141 Å². The minimum absolute atomic E-state index is 0.0199. The monoisotopic (exact) mass is 327 g/mol. The highest BCUT2D eigenvalue weighted by atomic mass is 16.5. The van der Waals surface area contributed by atoms with Crippen molar-refractivity contribution in [3.8, 4) is 11.6 Å². The molecule has 1 saturated heterocycles. The van der Waals surface area contributed by atoms with E-state index < -0.39 is 0 Å². The molecule has 0 aliphatic carbocycles. The van der Waals surface area contributed by atoms with E-state index >= 15 is 0 Å². The van der Waals surface area contributed by atoms with Crippen LogP contribution in [0.15, 0.2) is 42.9 Å². The minimum Gasteiger partial charge on any atom is -0.497 e. The Morgan fingerprint density at radius 2 is 2.12 bits per heavy atom. The lowest BCUT2D eigenvalue weighted by molar-refractivity contribution is -0.133. The second-order valence-electron chi connectivity index (χ2n) is 5.79. The van der Waals surface area contributed by atoms with Gasteiger partial charge < -0.3 is 14.4 Å². The van der Waals surface area contributed by atoms with Gasteiger partial charge in [0.25, 0.3) is 0 Å². The number of hydrogen-bond donors (Lipinski definition) is 0. The van der Waals surface area contributed by atoms with Gasteiger partial charge in [0.1, 0.15) is 18.2 Å². The topological polar surface area (TPSA) is 64.5 Å². The van der Waals surface area contributed by atoms with Crippen LogP contribution in [-0.2, 0) is 11.2 Å². The summed E-state index contributed by atoms with van der Waals surface area (Å²) < 4.78 is 11.0. The molecule has 1 amide bonds. The number of amides is 1. The molecule has 1 aromatic carbocycles. The van der Waals surface area contributed by atoms with Crippen LogP contribution in [0.25, 0.3) is 0 Å². The molecule has 1 fully saturated rings. The largest absolute Gasteiger partial charge is 0.497 e. The first-order chi connectivity index (χ1) is 11.7. The second-order valence-corrected chi connectivity index (χ2v) is 5.79. The van der Waals surface area contributed by atoms with E-state index in [-0.39, 0.29) is 12.0 Å². The van der Waals surface area contributed by atoms with E-state index in [1.54, 1.807) is 19.4 Å². The van der Waals surface area contributed by atoms with Gasteiger partial charge in [0.05, 0.1) is 20.1 Å². The Hall–Kier alpha value is -2.63. The number of aromatic nitrogens is 2. The molecular weight excluding hydrogens is 306 g/mol. The summed E-state index contributed by atoms with van der Waals surface area (Å²) in [5.74, 6) is 1.47. The van der Waals surface area contributed by atoms with Crippen molar-refractivity contribution in [3.05, 3.63) is 48.4 Å². The summed E-state index contributed by atoms with van der Waals surface area (Å²) in [7, 11) is 1.63. The number of likely N-dealkylation sites (tertiary alicyclic amines) is 1. The summed E-state index contributed by atoms with van der Waals surface area (Å²) in [4.78, 5) is 22.4. The summed E-state index contributed by atoms with van der Waals surface area (Å²) >= 11 is 0. The van der Waals surface area contributed by atoms with E-state index in [1.165, 1.54) is 6.33 Å². The molecule has 1 aliphatic heterocycles. The Morgan fingerprint density at radius 1 is 1.29 bits per heavy atom. The molecule has 1 atom stereocenters. The van der Waals surface area contributed by atoms with Crippen LogP contribution in [0.5, 0.6) is 11.6 Å². The molecule has 0 bridgehead atoms. The van der Waals surface area contributed by atoms with Gasteiger partial charge in [-0.1, -0.05) is 12.1 Å². The van der Waals surface area contributed by atoms with Crippen molar-refractivity contribution in [2.75, 3.05) is 20.2 Å². The molecule has 126 valence electrons. The van der Waals surface area contributed by atoms with Crippen molar-refractivity contribution in [2.24, 2.45) is 0 Å². The van der Waals surface area contributed by atoms with Crippen molar-refractivity contribution in [3.63, 3.8) is 0 Å². The van der Waals surface area contributed by atoms with E-state index in [0.717, 1.165) is 30.7 Å². The Kier molecular flexibility index (Phi) is 5.25. The molecular formula is C18H21N3O3. The van der Waals surface area contributed by atoms with Gasteiger partial charge in [-0.15, -0.1) is 0 Å². The number of hydrogen-bond acceptors (Lipinski definition) is 5. The number of ether oxygens (including phenoxy) is 2. The first-order valence-corrected chi connectivity index (χ1v) is 8.08. The fourth-order valence-electron chi connectivity index (χ4n) is 2.81. The van der Waals surface area contributed by atoms with E-state index in [4.69, 9.17) is 9.47 Å². The van der Waals surface area contributed by atoms with Crippen LogP contribution < -0.4 is 9.47 Å². The predicted molar refractivity (Wildman–Crippen MR) is 89.0 cm³/mol. The predicted octanol–water partition coefficient (Wildman–Crippen LogP) is 2.10. The molecule has 2 heterocycles. The Morgan fingerprint density at radius 3 is 2.83 bits per heavy atom. The first-order valence-electron chi connectivity index (χ1n) is 8.08. The van der Waals surface area contributed by atoms with Crippen LogP contribution in [-0.4, -0.2) is 47.1 Å². The molecule has 1 unspecified atom stereocenters. The zero-order chi connectivity index (χ0) is 16.8. The first kappa shape index (κ1) is 16.2. The molecule has 0 saturated carbocycles. The third-order valence-electron chi connectivity index (χ3n) is 4.09.